The van der Waals surface area contributed by atoms with Crippen molar-refractivity contribution in [1.82, 2.24) is 24.6 Å². The normalized spacial score (nSPS) is 17.3. The van der Waals surface area contributed by atoms with Crippen LogP contribution in [0.2, 0.25) is 0 Å². The molecule has 0 spiro atoms. The Hall–Kier alpha value is -2.37. The number of benzene rings is 1. The van der Waals surface area contributed by atoms with Crippen molar-refractivity contribution in [3.8, 4) is 0 Å². The van der Waals surface area contributed by atoms with E-state index in [1.807, 2.05) is 36.0 Å². The number of nitrogens with zero attached hydrogens (tertiary/aromatic N) is 5. The Balaban J connectivity index is 1.62. The van der Waals surface area contributed by atoms with Gasteiger partial charge in [-0.05, 0) is 38.2 Å². The van der Waals surface area contributed by atoms with Gasteiger partial charge in [-0.3, -0.25) is 0 Å². The van der Waals surface area contributed by atoms with Crippen molar-refractivity contribution >= 4 is 6.03 Å². The second kappa shape index (κ2) is 8.83. The van der Waals surface area contributed by atoms with E-state index in [-0.39, 0.29) is 6.03 Å². The largest absolute Gasteiger partial charge is 0.325 e. The number of piperidine rings is 1. The summed E-state index contributed by atoms with van der Waals surface area (Å²) in [6.45, 7) is 8.07. The van der Waals surface area contributed by atoms with Crippen molar-refractivity contribution in [2.75, 3.05) is 26.2 Å². The monoisotopic (exact) mass is 355 g/mol. The average Bonchev–Trinajstić information content (AvgIpc) is 3.10. The molecule has 1 aliphatic rings. The highest BCUT2D eigenvalue weighted by Crippen LogP contribution is 2.21. The van der Waals surface area contributed by atoms with E-state index in [0.717, 1.165) is 57.8 Å². The molecule has 1 fully saturated rings. The first-order valence-electron chi connectivity index (χ1n) is 9.65. The number of hydrogen-bond donors (Lipinski definition) is 0. The smallest absolute Gasteiger partial charge is 0.319 e. The van der Waals surface area contributed by atoms with E-state index in [9.17, 15) is 4.79 Å². The predicted molar refractivity (Wildman–Crippen MR) is 102 cm³/mol. The number of carbonyl (C=O) groups is 1. The Bertz CT molecular complexity index is 695. The molecule has 1 atom stereocenters. The Morgan fingerprint density at radius 3 is 2.73 bits per heavy atom. The lowest BCUT2D eigenvalue weighted by molar-refractivity contribution is 0.131. The molecule has 1 aromatic heterocycles. The van der Waals surface area contributed by atoms with Gasteiger partial charge in [0.2, 0.25) is 0 Å². The minimum Gasteiger partial charge on any atom is -0.325 e. The first kappa shape index (κ1) is 18.4. The summed E-state index contributed by atoms with van der Waals surface area (Å²) in [7, 11) is 0. The first-order chi connectivity index (χ1) is 12.7. The zero-order valence-corrected chi connectivity index (χ0v) is 15.8. The number of amides is 2. The van der Waals surface area contributed by atoms with Gasteiger partial charge in [-0.15, -0.1) is 10.2 Å². The van der Waals surface area contributed by atoms with Crippen molar-refractivity contribution in [1.29, 1.82) is 0 Å². The third-order valence-electron chi connectivity index (χ3n) is 5.19. The van der Waals surface area contributed by atoms with Gasteiger partial charge in [0.25, 0.3) is 0 Å². The zero-order valence-electron chi connectivity index (χ0n) is 15.8. The number of urea groups is 1. The van der Waals surface area contributed by atoms with E-state index < -0.39 is 0 Å². The minimum absolute atomic E-state index is 0.172. The average molecular weight is 355 g/mol. The van der Waals surface area contributed by atoms with Crippen molar-refractivity contribution in [2.45, 2.75) is 39.7 Å². The number of hydrogen-bond acceptors (Lipinski definition) is 3. The van der Waals surface area contributed by atoms with Crippen LogP contribution in [0.25, 0.3) is 0 Å². The molecule has 0 radical (unpaired) electrons. The summed E-state index contributed by atoms with van der Waals surface area (Å²) >= 11 is 0. The lowest BCUT2D eigenvalue weighted by atomic mass is 9.94. The van der Waals surface area contributed by atoms with Crippen LogP contribution in [0.15, 0.2) is 36.7 Å². The molecule has 2 amide bonds. The predicted octanol–water partition coefficient (Wildman–Crippen LogP) is 3.04. The topological polar surface area (TPSA) is 54.3 Å². The Labute approximate surface area is 155 Å². The summed E-state index contributed by atoms with van der Waals surface area (Å²) in [4.78, 5) is 16.6. The van der Waals surface area contributed by atoms with Crippen LogP contribution < -0.4 is 0 Å². The SMILES string of the molecule is CCN(CC)C(=O)N1CCCC(Cc2nncn2Cc2ccccc2)C1. The molecular formula is C20H29N5O. The summed E-state index contributed by atoms with van der Waals surface area (Å²) in [6, 6.07) is 10.5. The van der Waals surface area contributed by atoms with Gasteiger partial charge in [-0.25, -0.2) is 4.79 Å². The molecule has 2 heterocycles. The lowest BCUT2D eigenvalue weighted by Gasteiger charge is -2.35. The Morgan fingerprint density at radius 1 is 1.23 bits per heavy atom. The van der Waals surface area contributed by atoms with Crippen LogP contribution in [0, 0.1) is 5.92 Å². The quantitative estimate of drug-likeness (QED) is 0.800. The maximum absolute atomic E-state index is 12.6. The molecule has 6 heteroatoms. The van der Waals surface area contributed by atoms with Crippen molar-refractivity contribution in [3.63, 3.8) is 0 Å². The summed E-state index contributed by atoms with van der Waals surface area (Å²) in [5, 5.41) is 8.46. The fourth-order valence-corrected chi connectivity index (χ4v) is 3.71. The minimum atomic E-state index is 0.172. The molecule has 1 saturated heterocycles. The molecule has 140 valence electrons. The number of rotatable bonds is 6. The lowest BCUT2D eigenvalue weighted by Crippen LogP contribution is -2.47. The van der Waals surface area contributed by atoms with Gasteiger partial charge in [0.1, 0.15) is 12.2 Å². The van der Waals surface area contributed by atoms with Crippen molar-refractivity contribution < 1.29 is 4.79 Å². The molecule has 1 aliphatic heterocycles. The van der Waals surface area contributed by atoms with E-state index in [2.05, 4.69) is 39.0 Å². The molecule has 6 nitrogen and oxygen atoms in total. The number of carbonyl (C=O) groups excluding carboxylic acids is 1. The second-order valence-corrected chi connectivity index (χ2v) is 6.97. The zero-order chi connectivity index (χ0) is 18.4. The molecular weight excluding hydrogens is 326 g/mol. The van der Waals surface area contributed by atoms with E-state index >= 15 is 0 Å². The van der Waals surface area contributed by atoms with Crippen LogP contribution in [0.3, 0.4) is 0 Å². The van der Waals surface area contributed by atoms with Crippen LogP contribution in [0.4, 0.5) is 4.79 Å². The van der Waals surface area contributed by atoms with Gasteiger partial charge in [-0.1, -0.05) is 30.3 Å². The second-order valence-electron chi connectivity index (χ2n) is 6.97. The van der Waals surface area contributed by atoms with Gasteiger partial charge in [0.05, 0.1) is 6.54 Å². The van der Waals surface area contributed by atoms with Crippen LogP contribution in [-0.2, 0) is 13.0 Å². The molecule has 0 aliphatic carbocycles. The highest BCUT2D eigenvalue weighted by atomic mass is 16.2. The third-order valence-corrected chi connectivity index (χ3v) is 5.19. The van der Waals surface area contributed by atoms with E-state index in [4.69, 9.17) is 0 Å². The van der Waals surface area contributed by atoms with Gasteiger partial charge in [-0.2, -0.15) is 0 Å². The molecule has 1 aromatic carbocycles. The van der Waals surface area contributed by atoms with E-state index in [1.54, 1.807) is 0 Å². The van der Waals surface area contributed by atoms with E-state index in [1.165, 1.54) is 5.56 Å². The Morgan fingerprint density at radius 2 is 2.00 bits per heavy atom. The summed E-state index contributed by atoms with van der Waals surface area (Å²) < 4.78 is 2.13. The molecule has 0 bridgehead atoms. The number of likely N-dealkylation sites (tertiary alicyclic amines) is 1. The maximum atomic E-state index is 12.6. The molecule has 0 N–H and O–H groups in total. The van der Waals surface area contributed by atoms with Gasteiger partial charge < -0.3 is 14.4 Å². The Kier molecular flexibility index (Phi) is 6.26. The third kappa shape index (κ3) is 4.42. The van der Waals surface area contributed by atoms with Crippen molar-refractivity contribution in [3.05, 3.63) is 48.0 Å². The van der Waals surface area contributed by atoms with Crippen molar-refractivity contribution in [2.24, 2.45) is 5.92 Å². The summed E-state index contributed by atoms with van der Waals surface area (Å²) in [5.41, 5.74) is 1.25. The van der Waals surface area contributed by atoms with E-state index in [0.29, 0.717) is 5.92 Å². The first-order valence-corrected chi connectivity index (χ1v) is 9.65. The molecule has 1 unspecified atom stereocenters. The highest BCUT2D eigenvalue weighted by Gasteiger charge is 2.27. The highest BCUT2D eigenvalue weighted by molar-refractivity contribution is 5.74. The fourth-order valence-electron chi connectivity index (χ4n) is 3.71. The van der Waals surface area contributed by atoms with Crippen LogP contribution >= 0.6 is 0 Å². The number of aromatic nitrogens is 3. The summed E-state index contributed by atoms with van der Waals surface area (Å²) in [5.74, 6) is 1.46. The molecule has 0 saturated carbocycles. The standard InChI is InChI=1S/C20H29N5O/c1-3-23(4-2)20(26)24-12-8-11-18(15-24)13-19-22-21-16-25(19)14-17-9-6-5-7-10-17/h5-7,9-10,16,18H,3-4,8,11-15H2,1-2H3. The summed E-state index contributed by atoms with van der Waals surface area (Å²) in [6.07, 6.45) is 4.88. The van der Waals surface area contributed by atoms with Gasteiger partial charge in [0, 0.05) is 32.6 Å². The van der Waals surface area contributed by atoms with Crippen LogP contribution in [0.1, 0.15) is 38.1 Å². The van der Waals surface area contributed by atoms with Gasteiger partial charge >= 0.3 is 6.03 Å². The fraction of sp³-hybridized carbons (Fsp3) is 0.550. The molecule has 3 rings (SSSR count). The maximum Gasteiger partial charge on any atom is 0.319 e. The van der Waals surface area contributed by atoms with Gasteiger partial charge in [0.15, 0.2) is 0 Å². The molecule has 26 heavy (non-hydrogen) atoms. The van der Waals surface area contributed by atoms with Crippen LogP contribution in [-0.4, -0.2) is 56.8 Å². The molecule has 2 aromatic rings. The van der Waals surface area contributed by atoms with Crippen LogP contribution in [0.5, 0.6) is 0 Å².